The van der Waals surface area contributed by atoms with E-state index in [0.717, 1.165) is 30.0 Å². The van der Waals surface area contributed by atoms with Crippen LogP contribution in [0.5, 0.6) is 0 Å². The lowest BCUT2D eigenvalue weighted by Gasteiger charge is -2.15. The Morgan fingerprint density at radius 3 is 3.21 bits per heavy atom. The van der Waals surface area contributed by atoms with Gasteiger partial charge in [0.2, 0.25) is 0 Å². The Bertz CT molecular complexity index is 598. The smallest absolute Gasteiger partial charge is 0.193 e. The summed E-state index contributed by atoms with van der Waals surface area (Å²) in [5.41, 5.74) is 2.30. The minimum Gasteiger partial charge on any atom is -0.472 e. The second-order valence-electron chi connectivity index (χ2n) is 4.59. The maximum atomic E-state index is 5.19. The molecule has 0 aliphatic heterocycles. The standard InChI is InChI=1S/C14H17N3OS/c1-2-4-15-13(11-3-6-18-10-11)8-12-9-17-5-7-19-14(17)16-12/h3,5-7,9-10,13,15H,2,4,8H2,1H3. The van der Waals surface area contributed by atoms with E-state index in [2.05, 4.69) is 33.2 Å². The molecule has 3 heterocycles. The average molecular weight is 275 g/mol. The van der Waals surface area contributed by atoms with Crippen molar-refractivity contribution in [1.82, 2.24) is 14.7 Å². The Morgan fingerprint density at radius 1 is 1.53 bits per heavy atom. The summed E-state index contributed by atoms with van der Waals surface area (Å²) >= 11 is 1.66. The predicted molar refractivity (Wildman–Crippen MR) is 76.5 cm³/mol. The van der Waals surface area contributed by atoms with Crippen LogP contribution in [0.25, 0.3) is 4.96 Å². The zero-order chi connectivity index (χ0) is 13.1. The van der Waals surface area contributed by atoms with Crippen molar-refractivity contribution in [1.29, 1.82) is 0 Å². The highest BCUT2D eigenvalue weighted by molar-refractivity contribution is 7.15. The highest BCUT2D eigenvalue weighted by atomic mass is 32.1. The third kappa shape index (κ3) is 2.72. The lowest BCUT2D eigenvalue weighted by Crippen LogP contribution is -2.23. The fourth-order valence-electron chi connectivity index (χ4n) is 2.18. The second kappa shape index (κ2) is 5.59. The number of rotatable bonds is 6. The Kier molecular flexibility index (Phi) is 3.66. The first kappa shape index (κ1) is 12.4. The van der Waals surface area contributed by atoms with Gasteiger partial charge in [0, 0.05) is 35.8 Å². The fourth-order valence-corrected chi connectivity index (χ4v) is 2.90. The van der Waals surface area contributed by atoms with Crippen LogP contribution in [0.15, 0.2) is 40.8 Å². The van der Waals surface area contributed by atoms with Crippen LogP contribution >= 0.6 is 11.3 Å². The molecule has 0 aromatic carbocycles. The van der Waals surface area contributed by atoms with Crippen molar-refractivity contribution in [2.75, 3.05) is 6.54 Å². The third-order valence-corrected chi connectivity index (χ3v) is 3.91. The molecule has 3 aromatic rings. The summed E-state index contributed by atoms with van der Waals surface area (Å²) in [6, 6.07) is 2.29. The van der Waals surface area contributed by atoms with Crippen molar-refractivity contribution in [2.24, 2.45) is 0 Å². The maximum Gasteiger partial charge on any atom is 0.193 e. The molecule has 0 radical (unpaired) electrons. The van der Waals surface area contributed by atoms with Gasteiger partial charge in [-0.05, 0) is 19.0 Å². The first-order valence-electron chi connectivity index (χ1n) is 6.53. The summed E-state index contributed by atoms with van der Waals surface area (Å²) in [7, 11) is 0. The molecule has 1 unspecified atom stereocenters. The molecule has 19 heavy (non-hydrogen) atoms. The summed E-state index contributed by atoms with van der Waals surface area (Å²) in [5, 5.41) is 5.60. The van der Waals surface area contributed by atoms with E-state index in [4.69, 9.17) is 4.42 Å². The van der Waals surface area contributed by atoms with Crippen LogP contribution in [0, 0.1) is 0 Å². The van der Waals surface area contributed by atoms with Crippen molar-refractivity contribution < 1.29 is 4.42 Å². The third-order valence-electron chi connectivity index (χ3n) is 3.14. The average Bonchev–Trinajstić information content (AvgIpc) is 3.09. The molecule has 5 heteroatoms. The number of furan rings is 1. The van der Waals surface area contributed by atoms with Gasteiger partial charge in [0.15, 0.2) is 4.96 Å². The first-order chi connectivity index (χ1) is 9.36. The molecule has 0 spiro atoms. The van der Waals surface area contributed by atoms with Gasteiger partial charge in [-0.2, -0.15) is 0 Å². The van der Waals surface area contributed by atoms with E-state index >= 15 is 0 Å². The van der Waals surface area contributed by atoms with Crippen molar-refractivity contribution in [3.8, 4) is 0 Å². The predicted octanol–water partition coefficient (Wildman–Crippen LogP) is 3.27. The molecular weight excluding hydrogens is 258 g/mol. The van der Waals surface area contributed by atoms with Crippen LogP contribution in [-0.2, 0) is 6.42 Å². The maximum absolute atomic E-state index is 5.19. The SMILES string of the molecule is CCCNC(Cc1cn2ccsc2n1)c1ccoc1. The number of hydrogen-bond acceptors (Lipinski definition) is 4. The quantitative estimate of drug-likeness (QED) is 0.750. The van der Waals surface area contributed by atoms with E-state index in [1.165, 1.54) is 5.56 Å². The minimum atomic E-state index is 0.267. The van der Waals surface area contributed by atoms with E-state index < -0.39 is 0 Å². The fraction of sp³-hybridized carbons (Fsp3) is 0.357. The van der Waals surface area contributed by atoms with Gasteiger partial charge in [-0.25, -0.2) is 4.98 Å². The van der Waals surface area contributed by atoms with Crippen molar-refractivity contribution >= 4 is 16.3 Å². The van der Waals surface area contributed by atoms with Crippen LogP contribution in [0.3, 0.4) is 0 Å². The molecule has 0 amide bonds. The molecule has 3 rings (SSSR count). The van der Waals surface area contributed by atoms with Gasteiger partial charge in [-0.3, -0.25) is 4.40 Å². The number of fused-ring (bicyclic) bond motifs is 1. The summed E-state index contributed by atoms with van der Waals surface area (Å²) < 4.78 is 7.27. The van der Waals surface area contributed by atoms with Crippen LogP contribution < -0.4 is 5.32 Å². The van der Waals surface area contributed by atoms with Gasteiger partial charge < -0.3 is 9.73 Å². The van der Waals surface area contributed by atoms with Gasteiger partial charge >= 0.3 is 0 Å². The van der Waals surface area contributed by atoms with Crippen LogP contribution in [0.4, 0.5) is 0 Å². The Labute approximate surface area is 116 Å². The molecule has 1 N–H and O–H groups in total. The molecule has 3 aromatic heterocycles. The molecule has 1 atom stereocenters. The molecule has 0 aliphatic rings. The molecule has 0 aliphatic carbocycles. The minimum absolute atomic E-state index is 0.267. The Hall–Kier alpha value is -1.59. The molecule has 0 saturated heterocycles. The van der Waals surface area contributed by atoms with Gasteiger partial charge in [-0.1, -0.05) is 6.92 Å². The number of hydrogen-bond donors (Lipinski definition) is 1. The van der Waals surface area contributed by atoms with E-state index in [9.17, 15) is 0 Å². The molecule has 0 fully saturated rings. The monoisotopic (exact) mass is 275 g/mol. The number of aromatic nitrogens is 2. The number of nitrogens with one attached hydrogen (secondary N) is 1. The number of nitrogens with zero attached hydrogens (tertiary/aromatic N) is 2. The normalized spacial score (nSPS) is 13.1. The van der Waals surface area contributed by atoms with Gasteiger partial charge in [0.25, 0.3) is 0 Å². The van der Waals surface area contributed by atoms with Crippen molar-refractivity contribution in [3.05, 3.63) is 47.6 Å². The highest BCUT2D eigenvalue weighted by Crippen LogP contribution is 2.20. The molecule has 0 bridgehead atoms. The summed E-state index contributed by atoms with van der Waals surface area (Å²) in [5.74, 6) is 0. The molecule has 0 saturated carbocycles. The van der Waals surface area contributed by atoms with Gasteiger partial charge in [0.05, 0.1) is 18.2 Å². The zero-order valence-corrected chi connectivity index (χ0v) is 11.7. The first-order valence-corrected chi connectivity index (χ1v) is 7.41. The van der Waals surface area contributed by atoms with E-state index in [-0.39, 0.29) is 6.04 Å². The van der Waals surface area contributed by atoms with Crippen LogP contribution in [0.2, 0.25) is 0 Å². The summed E-state index contributed by atoms with van der Waals surface area (Å²) in [6.45, 7) is 3.17. The Morgan fingerprint density at radius 2 is 2.47 bits per heavy atom. The highest BCUT2D eigenvalue weighted by Gasteiger charge is 2.15. The van der Waals surface area contributed by atoms with Gasteiger partial charge in [0.1, 0.15) is 0 Å². The summed E-state index contributed by atoms with van der Waals surface area (Å²) in [6.07, 6.45) is 9.68. The largest absolute Gasteiger partial charge is 0.472 e. The number of thiazole rings is 1. The van der Waals surface area contributed by atoms with Crippen LogP contribution in [0.1, 0.15) is 30.6 Å². The van der Waals surface area contributed by atoms with E-state index in [1.807, 2.05) is 18.5 Å². The molecular formula is C14H17N3OS. The van der Waals surface area contributed by atoms with Crippen molar-refractivity contribution in [3.63, 3.8) is 0 Å². The zero-order valence-electron chi connectivity index (χ0n) is 10.9. The lowest BCUT2D eigenvalue weighted by atomic mass is 10.1. The van der Waals surface area contributed by atoms with E-state index in [1.54, 1.807) is 17.6 Å². The number of imidazole rings is 1. The second-order valence-corrected chi connectivity index (χ2v) is 5.47. The Balaban J connectivity index is 1.78. The molecule has 4 nitrogen and oxygen atoms in total. The lowest BCUT2D eigenvalue weighted by molar-refractivity contribution is 0.509. The molecule has 100 valence electrons. The van der Waals surface area contributed by atoms with Gasteiger partial charge in [-0.15, -0.1) is 11.3 Å². The van der Waals surface area contributed by atoms with E-state index in [0.29, 0.717) is 0 Å². The van der Waals surface area contributed by atoms with Crippen molar-refractivity contribution in [2.45, 2.75) is 25.8 Å². The van der Waals surface area contributed by atoms with Crippen LogP contribution in [-0.4, -0.2) is 15.9 Å². The topological polar surface area (TPSA) is 42.5 Å². The summed E-state index contributed by atoms with van der Waals surface area (Å²) in [4.78, 5) is 5.69.